The Hall–Kier alpha value is -2.37. The molecule has 3 N–H and O–H groups in total. The van der Waals surface area contributed by atoms with Crippen LogP contribution >= 0.6 is 11.6 Å². The van der Waals surface area contributed by atoms with Crippen molar-refractivity contribution in [3.63, 3.8) is 0 Å². The van der Waals surface area contributed by atoms with Crippen molar-refractivity contribution in [3.8, 4) is 0 Å². The fourth-order valence-corrected chi connectivity index (χ4v) is 5.50. The summed E-state index contributed by atoms with van der Waals surface area (Å²) in [5.41, 5.74) is 2.76. The third kappa shape index (κ3) is 2.87. The molecule has 0 saturated heterocycles. The molecule has 0 spiro atoms. The average Bonchev–Trinajstić information content (AvgIpc) is 3.56. The van der Waals surface area contributed by atoms with Crippen molar-refractivity contribution in [1.29, 1.82) is 0 Å². The summed E-state index contributed by atoms with van der Waals surface area (Å²) in [5.74, 6) is 1.24. The molecule has 0 bridgehead atoms. The molecule has 148 valence electrons. The Labute approximate surface area is 173 Å². The summed E-state index contributed by atoms with van der Waals surface area (Å²) in [6, 6.07) is 11.8. The molecule has 3 aliphatic carbocycles. The molecule has 3 aliphatic rings. The van der Waals surface area contributed by atoms with Crippen LogP contribution in [0, 0.1) is 11.8 Å². The average molecular weight is 408 g/mol. The van der Waals surface area contributed by atoms with E-state index >= 15 is 0 Å². The minimum atomic E-state index is -0.921. The SMILES string of the molecule is O=C(NC1[C@H]2CC(O)(c3cc(Cl)cc4[nH]ncc34)C[C@@H]12)c1cccc(C2CC2)c1. The second-order valence-corrected chi connectivity index (χ2v) is 9.39. The third-order valence-electron chi connectivity index (χ3n) is 7.00. The number of rotatable bonds is 4. The molecular formula is C23H22ClN3O2. The molecule has 6 rings (SSSR count). The number of halogens is 1. The molecule has 1 aromatic heterocycles. The number of aromatic amines is 1. The van der Waals surface area contributed by atoms with Crippen LogP contribution in [-0.2, 0) is 5.60 Å². The Morgan fingerprint density at radius 2 is 2.00 bits per heavy atom. The zero-order chi connectivity index (χ0) is 19.8. The van der Waals surface area contributed by atoms with Gasteiger partial charge in [0.25, 0.3) is 5.91 Å². The van der Waals surface area contributed by atoms with E-state index in [2.05, 4.69) is 21.6 Å². The number of aromatic nitrogens is 2. The monoisotopic (exact) mass is 407 g/mol. The highest BCUT2D eigenvalue weighted by atomic mass is 35.5. The van der Waals surface area contributed by atoms with E-state index in [0.29, 0.717) is 35.6 Å². The molecule has 3 fully saturated rings. The number of hydrogen-bond acceptors (Lipinski definition) is 3. The molecule has 5 nitrogen and oxygen atoms in total. The number of nitrogens with one attached hydrogen (secondary N) is 2. The maximum atomic E-state index is 12.7. The van der Waals surface area contributed by atoms with Crippen LogP contribution in [0.4, 0.5) is 0 Å². The zero-order valence-corrected chi connectivity index (χ0v) is 16.6. The summed E-state index contributed by atoms with van der Waals surface area (Å²) in [5, 5.41) is 23.1. The van der Waals surface area contributed by atoms with E-state index in [9.17, 15) is 9.90 Å². The van der Waals surface area contributed by atoms with Crippen LogP contribution in [0.15, 0.2) is 42.6 Å². The Bertz CT molecular complexity index is 1120. The fraction of sp³-hybridized carbons (Fsp3) is 0.391. The van der Waals surface area contributed by atoms with Crippen LogP contribution in [0.25, 0.3) is 10.9 Å². The van der Waals surface area contributed by atoms with Crippen LogP contribution in [0.1, 0.15) is 53.1 Å². The molecule has 3 aromatic rings. The van der Waals surface area contributed by atoms with Gasteiger partial charge in [-0.2, -0.15) is 5.10 Å². The summed E-state index contributed by atoms with van der Waals surface area (Å²) in [7, 11) is 0. The summed E-state index contributed by atoms with van der Waals surface area (Å²) >= 11 is 6.26. The van der Waals surface area contributed by atoms with Crippen molar-refractivity contribution < 1.29 is 9.90 Å². The second-order valence-electron chi connectivity index (χ2n) is 8.95. The van der Waals surface area contributed by atoms with E-state index in [1.54, 1.807) is 6.20 Å². The summed E-state index contributed by atoms with van der Waals surface area (Å²) in [4.78, 5) is 12.7. The zero-order valence-electron chi connectivity index (χ0n) is 15.9. The topological polar surface area (TPSA) is 78.0 Å². The van der Waals surface area contributed by atoms with Gasteiger partial charge in [0.15, 0.2) is 0 Å². The van der Waals surface area contributed by atoms with Crippen LogP contribution < -0.4 is 5.32 Å². The first kappa shape index (κ1) is 17.5. The minimum absolute atomic E-state index is 0.00424. The van der Waals surface area contributed by atoms with Crippen LogP contribution in [0.2, 0.25) is 5.02 Å². The Balaban J connectivity index is 1.17. The number of aliphatic hydroxyl groups is 1. The number of nitrogens with zero attached hydrogens (tertiary/aromatic N) is 1. The van der Waals surface area contributed by atoms with E-state index in [1.165, 1.54) is 18.4 Å². The summed E-state index contributed by atoms with van der Waals surface area (Å²) in [6.07, 6.45) is 5.46. The van der Waals surface area contributed by atoms with Gasteiger partial charge >= 0.3 is 0 Å². The third-order valence-corrected chi connectivity index (χ3v) is 7.22. The molecule has 29 heavy (non-hydrogen) atoms. The van der Waals surface area contributed by atoms with Crippen LogP contribution in [0.3, 0.4) is 0 Å². The van der Waals surface area contributed by atoms with Gasteiger partial charge in [-0.1, -0.05) is 23.7 Å². The van der Waals surface area contributed by atoms with E-state index in [1.807, 2.05) is 30.3 Å². The van der Waals surface area contributed by atoms with E-state index in [4.69, 9.17) is 11.6 Å². The van der Waals surface area contributed by atoms with Crippen molar-refractivity contribution in [2.24, 2.45) is 11.8 Å². The largest absolute Gasteiger partial charge is 0.385 e. The number of amides is 1. The van der Waals surface area contributed by atoms with E-state index in [0.717, 1.165) is 22.0 Å². The molecule has 0 aliphatic heterocycles. The van der Waals surface area contributed by atoms with Crippen molar-refractivity contribution >= 4 is 28.4 Å². The van der Waals surface area contributed by atoms with Gasteiger partial charge in [-0.15, -0.1) is 0 Å². The Morgan fingerprint density at radius 3 is 2.76 bits per heavy atom. The number of carbonyl (C=O) groups excluding carboxylic acids is 1. The van der Waals surface area contributed by atoms with Crippen molar-refractivity contribution in [3.05, 3.63) is 64.3 Å². The number of carbonyl (C=O) groups is 1. The van der Waals surface area contributed by atoms with Gasteiger partial charge in [-0.3, -0.25) is 9.89 Å². The van der Waals surface area contributed by atoms with Crippen molar-refractivity contribution in [2.75, 3.05) is 0 Å². The van der Waals surface area contributed by atoms with E-state index in [-0.39, 0.29) is 11.9 Å². The second kappa shape index (κ2) is 6.07. The first-order valence-corrected chi connectivity index (χ1v) is 10.7. The Kier molecular flexibility index (Phi) is 3.66. The number of benzene rings is 2. The molecule has 3 saturated carbocycles. The van der Waals surface area contributed by atoms with Gasteiger partial charge < -0.3 is 10.4 Å². The molecule has 2 unspecified atom stereocenters. The first-order chi connectivity index (χ1) is 14.0. The van der Waals surface area contributed by atoms with E-state index < -0.39 is 5.60 Å². The summed E-state index contributed by atoms with van der Waals surface area (Å²) < 4.78 is 0. The normalized spacial score (nSPS) is 30.3. The molecule has 1 heterocycles. The van der Waals surface area contributed by atoms with Crippen molar-refractivity contribution in [1.82, 2.24) is 15.5 Å². The fourth-order valence-electron chi connectivity index (χ4n) is 5.29. The molecule has 1 amide bonds. The quantitative estimate of drug-likeness (QED) is 0.608. The standard InChI is InChI=1S/C23H22ClN3O2/c24-15-7-19(18-11-25-27-20(18)8-15)23(29)9-16-17(10-23)21(16)26-22(28)14-3-1-2-13(6-14)12-4-5-12/h1-3,6-8,11-12,16-17,21,29H,4-5,9-10H2,(H,25,27)(H,26,28)/t16-,17+,21?,23?. The van der Waals surface area contributed by atoms with Crippen LogP contribution in [-0.4, -0.2) is 27.3 Å². The number of H-pyrrole nitrogens is 1. The summed E-state index contributed by atoms with van der Waals surface area (Å²) in [6.45, 7) is 0. The lowest BCUT2D eigenvalue weighted by molar-refractivity contribution is 0.0293. The lowest BCUT2D eigenvalue weighted by Crippen LogP contribution is -2.33. The first-order valence-electron chi connectivity index (χ1n) is 10.3. The highest BCUT2D eigenvalue weighted by Crippen LogP contribution is 2.60. The predicted octanol–water partition coefficient (Wildman–Crippen LogP) is 4.12. The number of hydrogen-bond donors (Lipinski definition) is 3. The van der Waals surface area contributed by atoms with Crippen molar-refractivity contribution in [2.45, 2.75) is 43.2 Å². The van der Waals surface area contributed by atoms with Gasteiger partial charge in [0, 0.05) is 22.0 Å². The Morgan fingerprint density at radius 1 is 1.21 bits per heavy atom. The smallest absolute Gasteiger partial charge is 0.251 e. The molecule has 2 aromatic carbocycles. The molecular weight excluding hydrogens is 386 g/mol. The van der Waals surface area contributed by atoms with Gasteiger partial charge in [0.1, 0.15) is 0 Å². The molecule has 4 atom stereocenters. The predicted molar refractivity (Wildman–Crippen MR) is 111 cm³/mol. The highest BCUT2D eigenvalue weighted by molar-refractivity contribution is 6.31. The van der Waals surface area contributed by atoms with Gasteiger partial charge in [-0.05, 0) is 78.8 Å². The minimum Gasteiger partial charge on any atom is -0.385 e. The van der Waals surface area contributed by atoms with Gasteiger partial charge in [0.05, 0.1) is 17.3 Å². The maximum absolute atomic E-state index is 12.7. The molecule has 0 radical (unpaired) electrons. The lowest BCUT2D eigenvalue weighted by Gasteiger charge is -2.27. The van der Waals surface area contributed by atoms with Gasteiger partial charge in [0.2, 0.25) is 0 Å². The lowest BCUT2D eigenvalue weighted by atomic mass is 9.86. The molecule has 6 heteroatoms. The maximum Gasteiger partial charge on any atom is 0.251 e. The number of fused-ring (bicyclic) bond motifs is 2. The van der Waals surface area contributed by atoms with Gasteiger partial charge in [-0.25, -0.2) is 0 Å². The highest BCUT2D eigenvalue weighted by Gasteiger charge is 2.62. The van der Waals surface area contributed by atoms with Crippen LogP contribution in [0.5, 0.6) is 0 Å².